The second-order valence-corrected chi connectivity index (χ2v) is 9.47. The van der Waals surface area contributed by atoms with E-state index in [0.717, 1.165) is 36.7 Å². The third-order valence-corrected chi connectivity index (χ3v) is 6.76. The molecule has 0 N–H and O–H groups in total. The first-order chi connectivity index (χ1) is 13.3. The van der Waals surface area contributed by atoms with Crippen molar-refractivity contribution in [1.29, 1.82) is 0 Å². The number of sulfonamides is 1. The summed E-state index contributed by atoms with van der Waals surface area (Å²) in [5.41, 5.74) is 2.23. The van der Waals surface area contributed by atoms with E-state index < -0.39 is 10.4 Å². The van der Waals surface area contributed by atoms with E-state index in [4.69, 9.17) is 0 Å². The summed E-state index contributed by atoms with van der Waals surface area (Å²) in [5.74, 6) is -0.331. The molecule has 7 heteroatoms. The number of hydrogen-bond acceptors (Lipinski definition) is 4. The second-order valence-electron chi connectivity index (χ2n) is 7.38. The third kappa shape index (κ3) is 4.78. The Hall–Kier alpha value is -1.80. The van der Waals surface area contributed by atoms with Gasteiger partial charge in [0.15, 0.2) is 5.82 Å². The van der Waals surface area contributed by atoms with Crippen molar-refractivity contribution in [3.8, 4) is 0 Å². The zero-order valence-corrected chi connectivity index (χ0v) is 17.5. The molecule has 0 amide bonds. The summed E-state index contributed by atoms with van der Waals surface area (Å²) in [7, 11) is -1.89. The zero-order valence-electron chi connectivity index (χ0n) is 16.7. The first kappa shape index (κ1) is 20.9. The Labute approximate surface area is 168 Å². The number of nitrogens with zero attached hydrogens (tertiary/aromatic N) is 3. The maximum Gasteiger partial charge on any atom is 0.151 e. The first-order valence-electron chi connectivity index (χ1n) is 9.50. The molecule has 1 fully saturated rings. The Morgan fingerprint density at radius 1 is 1.11 bits per heavy atom. The van der Waals surface area contributed by atoms with Crippen LogP contribution in [0.3, 0.4) is 0 Å². The molecule has 0 saturated carbocycles. The summed E-state index contributed by atoms with van der Waals surface area (Å²) in [6, 6.07) is 15.9. The van der Waals surface area contributed by atoms with Crippen LogP contribution in [-0.2, 0) is 21.2 Å². The molecule has 0 aliphatic carbocycles. The van der Waals surface area contributed by atoms with Crippen molar-refractivity contribution in [2.45, 2.75) is 19.5 Å². The molecule has 2 aromatic carbocycles. The van der Waals surface area contributed by atoms with Gasteiger partial charge >= 0.3 is 0 Å². The molecule has 2 aromatic rings. The van der Waals surface area contributed by atoms with Crippen LogP contribution >= 0.6 is 0 Å². The van der Waals surface area contributed by atoms with Crippen molar-refractivity contribution >= 4 is 16.1 Å². The molecule has 1 saturated heterocycles. The lowest BCUT2D eigenvalue weighted by Crippen LogP contribution is -2.47. The fraction of sp³-hybridized carbons (Fsp3) is 0.429. The maximum absolute atomic E-state index is 15.0. The van der Waals surface area contributed by atoms with E-state index in [0.29, 0.717) is 17.3 Å². The number of hydrogen-bond donors (Lipinski definition) is 0. The molecule has 0 spiro atoms. The van der Waals surface area contributed by atoms with Gasteiger partial charge in [-0.25, -0.2) is 4.39 Å². The SMILES string of the molecule is CC(c1ccccc1)N1CCN(c2cccc(CN(C)[S+](C)(=O)[O-])c2F)CC1. The summed E-state index contributed by atoms with van der Waals surface area (Å²) < 4.78 is 39.5. The van der Waals surface area contributed by atoms with E-state index in [-0.39, 0.29) is 12.4 Å². The molecule has 0 bridgehead atoms. The van der Waals surface area contributed by atoms with E-state index in [1.165, 1.54) is 12.6 Å². The van der Waals surface area contributed by atoms with Gasteiger partial charge in [-0.1, -0.05) is 46.7 Å². The molecule has 5 nitrogen and oxygen atoms in total. The van der Waals surface area contributed by atoms with Gasteiger partial charge in [0.05, 0.1) is 12.2 Å². The Morgan fingerprint density at radius 2 is 1.75 bits per heavy atom. The van der Waals surface area contributed by atoms with Gasteiger partial charge in [0.2, 0.25) is 0 Å². The molecule has 1 aliphatic heterocycles. The van der Waals surface area contributed by atoms with Crippen LogP contribution in [0, 0.1) is 5.82 Å². The van der Waals surface area contributed by atoms with E-state index in [1.54, 1.807) is 18.2 Å². The summed E-state index contributed by atoms with van der Waals surface area (Å²) in [5, 5.41) is 0. The topological polar surface area (TPSA) is 49.8 Å². The highest BCUT2D eigenvalue weighted by Crippen LogP contribution is 2.27. The molecule has 2 atom stereocenters. The molecule has 1 aliphatic rings. The lowest BCUT2D eigenvalue weighted by Gasteiger charge is -2.39. The van der Waals surface area contributed by atoms with E-state index in [2.05, 4.69) is 36.1 Å². The minimum Gasteiger partial charge on any atom is -0.598 e. The Kier molecular flexibility index (Phi) is 6.50. The number of piperazine rings is 1. The van der Waals surface area contributed by atoms with Crippen LogP contribution in [0.25, 0.3) is 0 Å². The predicted octanol–water partition coefficient (Wildman–Crippen LogP) is 3.32. The minimum atomic E-state index is -3.35. The maximum atomic E-state index is 15.0. The van der Waals surface area contributed by atoms with Crippen molar-refractivity contribution in [2.24, 2.45) is 0 Å². The molecule has 152 valence electrons. The van der Waals surface area contributed by atoms with Crippen molar-refractivity contribution in [1.82, 2.24) is 9.21 Å². The predicted molar refractivity (Wildman–Crippen MR) is 111 cm³/mol. The number of benzene rings is 2. The van der Waals surface area contributed by atoms with Crippen LogP contribution in [0.15, 0.2) is 48.5 Å². The van der Waals surface area contributed by atoms with Crippen molar-refractivity contribution in [3.63, 3.8) is 0 Å². The summed E-state index contributed by atoms with van der Waals surface area (Å²) in [6.07, 6.45) is 1.13. The lowest BCUT2D eigenvalue weighted by atomic mass is 10.1. The van der Waals surface area contributed by atoms with Crippen LogP contribution in [-0.4, -0.2) is 53.2 Å². The highest BCUT2D eigenvalue weighted by atomic mass is 32.3. The van der Waals surface area contributed by atoms with Crippen LogP contribution in [0.2, 0.25) is 0 Å². The van der Waals surface area contributed by atoms with Gasteiger partial charge in [0.25, 0.3) is 0 Å². The van der Waals surface area contributed by atoms with Gasteiger partial charge in [0.1, 0.15) is 16.7 Å². The van der Waals surface area contributed by atoms with Crippen LogP contribution in [0.4, 0.5) is 10.1 Å². The molecular formula is C21H28FN3O2S. The van der Waals surface area contributed by atoms with Crippen molar-refractivity contribution in [2.75, 3.05) is 44.4 Å². The monoisotopic (exact) mass is 405 g/mol. The summed E-state index contributed by atoms with van der Waals surface area (Å²) >= 11 is 0. The van der Waals surface area contributed by atoms with Crippen LogP contribution in [0.5, 0.6) is 0 Å². The van der Waals surface area contributed by atoms with Crippen LogP contribution < -0.4 is 4.90 Å². The van der Waals surface area contributed by atoms with Crippen molar-refractivity contribution < 1.29 is 13.2 Å². The Balaban J connectivity index is 1.67. The third-order valence-electron chi connectivity index (χ3n) is 5.50. The quantitative estimate of drug-likeness (QED) is 0.692. The Bertz CT molecular complexity index is 835. The van der Waals surface area contributed by atoms with Gasteiger partial charge in [0, 0.05) is 44.8 Å². The van der Waals surface area contributed by atoms with E-state index >= 15 is 4.39 Å². The van der Waals surface area contributed by atoms with Crippen LogP contribution in [0.1, 0.15) is 24.1 Å². The number of halogens is 1. The normalized spacial score (nSPS) is 18.9. The summed E-state index contributed by atoms with van der Waals surface area (Å²) in [4.78, 5) is 4.46. The van der Waals surface area contributed by atoms with Gasteiger partial charge in [-0.15, -0.1) is 4.31 Å². The number of anilines is 1. The van der Waals surface area contributed by atoms with Gasteiger partial charge in [-0.2, -0.15) is 0 Å². The molecular weight excluding hydrogens is 377 g/mol. The fourth-order valence-corrected chi connectivity index (χ4v) is 3.96. The van der Waals surface area contributed by atoms with Crippen molar-refractivity contribution in [3.05, 3.63) is 65.5 Å². The van der Waals surface area contributed by atoms with E-state index in [1.807, 2.05) is 11.0 Å². The largest absolute Gasteiger partial charge is 0.598 e. The van der Waals surface area contributed by atoms with E-state index in [9.17, 15) is 8.76 Å². The molecule has 1 heterocycles. The highest BCUT2D eigenvalue weighted by Gasteiger charge is 2.25. The minimum absolute atomic E-state index is 0.0313. The average Bonchev–Trinajstić information content (AvgIpc) is 2.69. The second kappa shape index (κ2) is 8.69. The standard InChI is InChI=1S/C21H28FN3O2S/c1-17(18-8-5-4-6-9-18)24-12-14-25(15-13-24)20-11-7-10-19(21(20)22)16-23(2)28(3,26)27/h4-11,17H,12-16H2,1-3H3. The molecule has 0 aromatic heterocycles. The molecule has 28 heavy (non-hydrogen) atoms. The van der Waals surface area contributed by atoms with Gasteiger partial charge < -0.3 is 9.45 Å². The molecule has 0 radical (unpaired) electrons. The number of rotatable bonds is 6. The summed E-state index contributed by atoms with van der Waals surface area (Å²) in [6.45, 7) is 5.40. The average molecular weight is 406 g/mol. The molecule has 2 unspecified atom stereocenters. The zero-order chi connectivity index (χ0) is 20.3. The van der Waals surface area contributed by atoms with Gasteiger partial charge in [-0.3, -0.25) is 4.90 Å². The Morgan fingerprint density at radius 3 is 2.36 bits per heavy atom. The lowest BCUT2D eigenvalue weighted by molar-refractivity contribution is 0.198. The van der Waals surface area contributed by atoms with Gasteiger partial charge in [-0.05, 0) is 18.6 Å². The highest BCUT2D eigenvalue weighted by molar-refractivity contribution is 7.94. The molecule has 3 rings (SSSR count). The smallest absolute Gasteiger partial charge is 0.151 e. The fourth-order valence-electron chi connectivity index (χ4n) is 3.58. The first-order valence-corrected chi connectivity index (χ1v) is 11.3.